The van der Waals surface area contributed by atoms with E-state index in [2.05, 4.69) is 17.0 Å². The first-order valence-electron chi connectivity index (χ1n) is 8.15. The zero-order valence-electron chi connectivity index (χ0n) is 14.0. The number of rotatable bonds is 5. The molecule has 1 fully saturated rings. The zero-order valence-corrected chi connectivity index (χ0v) is 14.0. The molecular formula is C18H23NO5. The first kappa shape index (κ1) is 18.0. The third kappa shape index (κ3) is 4.81. The summed E-state index contributed by atoms with van der Waals surface area (Å²) in [6.07, 6.45) is 4.09. The van der Waals surface area contributed by atoms with Gasteiger partial charge < -0.3 is 14.8 Å². The molecule has 1 aromatic rings. The number of hydrogen-bond acceptors (Lipinski definition) is 5. The molecule has 0 unspecified atom stereocenters. The van der Waals surface area contributed by atoms with Crippen LogP contribution in [0.3, 0.4) is 0 Å². The van der Waals surface area contributed by atoms with Gasteiger partial charge in [-0.25, -0.2) is 9.59 Å². The standard InChI is InChI=1S/C18H23NO5/c1-12-7-9-13(10-8-12)19-16(20)11-24-18(22)15-6-4-3-5-14(15)17(21)23-2/h3-6,12-13H,7-11H2,1-2H3,(H,19,20). The number of ether oxygens (including phenoxy) is 2. The molecule has 0 spiro atoms. The van der Waals surface area contributed by atoms with Gasteiger partial charge in [-0.3, -0.25) is 4.79 Å². The van der Waals surface area contributed by atoms with Gasteiger partial charge in [0.2, 0.25) is 0 Å². The quantitative estimate of drug-likeness (QED) is 0.836. The average molecular weight is 333 g/mol. The normalized spacial score (nSPS) is 20.1. The van der Waals surface area contributed by atoms with Gasteiger partial charge in [0.05, 0.1) is 18.2 Å². The van der Waals surface area contributed by atoms with Gasteiger partial charge in [0.1, 0.15) is 0 Å². The van der Waals surface area contributed by atoms with Gasteiger partial charge in [0.15, 0.2) is 6.61 Å². The number of benzene rings is 1. The van der Waals surface area contributed by atoms with E-state index in [0.29, 0.717) is 5.92 Å². The molecule has 6 heteroatoms. The fourth-order valence-electron chi connectivity index (χ4n) is 2.83. The van der Waals surface area contributed by atoms with Crippen LogP contribution in [-0.4, -0.2) is 37.6 Å². The minimum Gasteiger partial charge on any atom is -0.465 e. The SMILES string of the molecule is COC(=O)c1ccccc1C(=O)OCC(=O)NC1CCC(C)CC1. The first-order chi connectivity index (χ1) is 11.5. The molecule has 0 bridgehead atoms. The summed E-state index contributed by atoms with van der Waals surface area (Å²) in [7, 11) is 1.24. The van der Waals surface area contributed by atoms with Gasteiger partial charge in [0, 0.05) is 6.04 Å². The lowest BCUT2D eigenvalue weighted by atomic mass is 9.87. The minimum atomic E-state index is -0.719. The van der Waals surface area contributed by atoms with Gasteiger partial charge in [-0.2, -0.15) is 0 Å². The van der Waals surface area contributed by atoms with Gasteiger partial charge >= 0.3 is 11.9 Å². The molecule has 0 atom stereocenters. The second kappa shape index (κ2) is 8.47. The average Bonchev–Trinajstić information content (AvgIpc) is 2.61. The predicted octanol–water partition coefficient (Wildman–Crippen LogP) is 2.32. The lowest BCUT2D eigenvalue weighted by Crippen LogP contribution is -2.39. The van der Waals surface area contributed by atoms with Crippen molar-refractivity contribution in [3.63, 3.8) is 0 Å². The van der Waals surface area contributed by atoms with E-state index in [4.69, 9.17) is 4.74 Å². The van der Waals surface area contributed by atoms with Crippen LogP contribution in [0.1, 0.15) is 53.3 Å². The van der Waals surface area contributed by atoms with Gasteiger partial charge in [-0.15, -0.1) is 0 Å². The van der Waals surface area contributed by atoms with Crippen LogP contribution in [0.5, 0.6) is 0 Å². The molecule has 1 aliphatic rings. The van der Waals surface area contributed by atoms with Crippen molar-refractivity contribution in [1.29, 1.82) is 0 Å². The fraction of sp³-hybridized carbons (Fsp3) is 0.500. The maximum Gasteiger partial charge on any atom is 0.339 e. The summed E-state index contributed by atoms with van der Waals surface area (Å²) in [5.41, 5.74) is 0.204. The van der Waals surface area contributed by atoms with E-state index in [1.807, 2.05) is 0 Å². The molecule has 1 N–H and O–H groups in total. The lowest BCUT2D eigenvalue weighted by molar-refractivity contribution is -0.125. The third-order valence-electron chi connectivity index (χ3n) is 4.27. The highest BCUT2D eigenvalue weighted by molar-refractivity contribution is 6.03. The molecule has 0 heterocycles. The number of hydrogen-bond donors (Lipinski definition) is 1. The van der Waals surface area contributed by atoms with Crippen molar-refractivity contribution < 1.29 is 23.9 Å². The molecule has 1 aromatic carbocycles. The maximum absolute atomic E-state index is 12.1. The van der Waals surface area contributed by atoms with Crippen LogP contribution >= 0.6 is 0 Å². The number of amides is 1. The van der Waals surface area contributed by atoms with Crippen molar-refractivity contribution in [2.45, 2.75) is 38.6 Å². The van der Waals surface area contributed by atoms with E-state index in [9.17, 15) is 14.4 Å². The summed E-state index contributed by atoms with van der Waals surface area (Å²) >= 11 is 0. The zero-order chi connectivity index (χ0) is 17.5. The number of methoxy groups -OCH3 is 1. The Labute approximate surface area is 141 Å². The molecule has 6 nitrogen and oxygen atoms in total. The number of carbonyl (C=O) groups excluding carboxylic acids is 3. The van der Waals surface area contributed by atoms with E-state index in [1.54, 1.807) is 12.1 Å². The lowest BCUT2D eigenvalue weighted by Gasteiger charge is -2.26. The smallest absolute Gasteiger partial charge is 0.339 e. The van der Waals surface area contributed by atoms with Crippen molar-refractivity contribution in [3.8, 4) is 0 Å². The van der Waals surface area contributed by atoms with E-state index in [-0.39, 0.29) is 29.7 Å². The summed E-state index contributed by atoms with van der Waals surface area (Å²) < 4.78 is 9.66. The van der Waals surface area contributed by atoms with Crippen molar-refractivity contribution >= 4 is 17.8 Å². The highest BCUT2D eigenvalue weighted by atomic mass is 16.5. The Morgan fingerprint density at radius 1 is 1.04 bits per heavy atom. The molecule has 0 saturated heterocycles. The monoisotopic (exact) mass is 333 g/mol. The number of esters is 2. The van der Waals surface area contributed by atoms with E-state index in [0.717, 1.165) is 25.7 Å². The second-order valence-corrected chi connectivity index (χ2v) is 6.14. The Kier molecular flexibility index (Phi) is 6.35. The minimum absolute atomic E-state index is 0.0867. The van der Waals surface area contributed by atoms with Gasteiger partial charge in [0.25, 0.3) is 5.91 Å². The second-order valence-electron chi connectivity index (χ2n) is 6.14. The Hall–Kier alpha value is -2.37. The molecule has 1 amide bonds. The van der Waals surface area contributed by atoms with Crippen LogP contribution in [0.15, 0.2) is 24.3 Å². The van der Waals surface area contributed by atoms with Crippen molar-refractivity contribution in [2.75, 3.05) is 13.7 Å². The van der Waals surface area contributed by atoms with Gasteiger partial charge in [-0.1, -0.05) is 19.1 Å². The molecule has 0 aromatic heterocycles. The topological polar surface area (TPSA) is 81.7 Å². The summed E-state index contributed by atoms with van der Waals surface area (Å²) in [5, 5.41) is 2.89. The predicted molar refractivity (Wildman–Crippen MR) is 87.6 cm³/mol. The highest BCUT2D eigenvalue weighted by Crippen LogP contribution is 2.23. The first-order valence-corrected chi connectivity index (χ1v) is 8.15. The largest absolute Gasteiger partial charge is 0.465 e. The Balaban J connectivity index is 1.87. The Morgan fingerprint density at radius 3 is 2.21 bits per heavy atom. The van der Waals surface area contributed by atoms with Crippen molar-refractivity contribution in [2.24, 2.45) is 5.92 Å². The Morgan fingerprint density at radius 2 is 1.62 bits per heavy atom. The van der Waals surface area contributed by atoms with E-state index in [1.165, 1.54) is 19.2 Å². The van der Waals surface area contributed by atoms with Crippen molar-refractivity contribution in [1.82, 2.24) is 5.32 Å². The van der Waals surface area contributed by atoms with Crippen LogP contribution in [0.25, 0.3) is 0 Å². The molecule has 130 valence electrons. The van der Waals surface area contributed by atoms with Gasteiger partial charge in [-0.05, 0) is 43.7 Å². The summed E-state index contributed by atoms with van der Waals surface area (Å²) in [6, 6.07) is 6.34. The number of nitrogens with one attached hydrogen (secondary N) is 1. The summed E-state index contributed by atoms with van der Waals surface area (Å²) in [5.74, 6) is -0.962. The highest BCUT2D eigenvalue weighted by Gasteiger charge is 2.22. The number of carbonyl (C=O) groups is 3. The molecular weight excluding hydrogens is 310 g/mol. The Bertz CT molecular complexity index is 605. The maximum atomic E-state index is 12.1. The molecule has 1 aliphatic carbocycles. The van der Waals surface area contributed by atoms with E-state index < -0.39 is 11.9 Å². The van der Waals surface area contributed by atoms with Crippen LogP contribution in [0.2, 0.25) is 0 Å². The van der Waals surface area contributed by atoms with Crippen LogP contribution in [0.4, 0.5) is 0 Å². The van der Waals surface area contributed by atoms with Crippen LogP contribution in [-0.2, 0) is 14.3 Å². The van der Waals surface area contributed by atoms with Crippen LogP contribution in [0, 0.1) is 5.92 Å². The fourth-order valence-corrected chi connectivity index (χ4v) is 2.83. The molecule has 0 radical (unpaired) electrons. The summed E-state index contributed by atoms with van der Waals surface area (Å²) in [6.45, 7) is 1.85. The molecule has 24 heavy (non-hydrogen) atoms. The molecule has 2 rings (SSSR count). The summed E-state index contributed by atoms with van der Waals surface area (Å²) in [4.78, 5) is 35.7. The third-order valence-corrected chi connectivity index (χ3v) is 4.27. The van der Waals surface area contributed by atoms with E-state index >= 15 is 0 Å². The van der Waals surface area contributed by atoms with Crippen LogP contribution < -0.4 is 5.32 Å². The van der Waals surface area contributed by atoms with Crippen molar-refractivity contribution in [3.05, 3.63) is 35.4 Å². The molecule has 0 aliphatic heterocycles. The molecule has 1 saturated carbocycles.